The van der Waals surface area contributed by atoms with Crippen LogP contribution in [0.2, 0.25) is 0 Å². The van der Waals surface area contributed by atoms with Crippen molar-refractivity contribution in [2.24, 2.45) is 0 Å². The van der Waals surface area contributed by atoms with Crippen LogP contribution in [0.3, 0.4) is 0 Å². The summed E-state index contributed by atoms with van der Waals surface area (Å²) in [5.41, 5.74) is 3.20. The SMILES string of the molecule is CNS(=O)(=O)c1cc(NC(=O)Cc2c(C)[nH]c3ccc(F)cc23)ccc1C. The minimum atomic E-state index is -3.63. The largest absolute Gasteiger partial charge is 0.358 e. The molecule has 1 aromatic heterocycles. The number of carbonyl (C=O) groups excluding carboxylic acids is 1. The van der Waals surface area contributed by atoms with Gasteiger partial charge in [0.2, 0.25) is 15.9 Å². The van der Waals surface area contributed by atoms with Crippen LogP contribution >= 0.6 is 0 Å². The normalized spacial score (nSPS) is 11.7. The molecule has 27 heavy (non-hydrogen) atoms. The molecule has 3 aromatic rings. The minimum absolute atomic E-state index is 0.0390. The third-order valence-electron chi connectivity index (χ3n) is 4.45. The first kappa shape index (κ1) is 19.1. The standard InChI is InChI=1S/C19H20FN3O3S/c1-11-4-6-14(9-18(11)27(25,26)21-3)23-19(24)10-15-12(2)22-17-7-5-13(20)8-16(15)17/h4-9,21-22H,10H2,1-3H3,(H,23,24). The Labute approximate surface area is 156 Å². The molecular weight excluding hydrogens is 369 g/mol. The molecule has 0 saturated heterocycles. The highest BCUT2D eigenvalue weighted by Gasteiger charge is 2.17. The summed E-state index contributed by atoms with van der Waals surface area (Å²) in [4.78, 5) is 15.7. The molecular formula is C19H20FN3O3S. The molecule has 0 fully saturated rings. The second-order valence-electron chi connectivity index (χ2n) is 6.33. The second kappa shape index (κ2) is 7.13. The summed E-state index contributed by atoms with van der Waals surface area (Å²) >= 11 is 0. The van der Waals surface area contributed by atoms with E-state index in [-0.39, 0.29) is 23.0 Å². The van der Waals surface area contributed by atoms with E-state index < -0.39 is 10.0 Å². The van der Waals surface area contributed by atoms with Gasteiger partial charge in [-0.05, 0) is 62.4 Å². The van der Waals surface area contributed by atoms with Crippen molar-refractivity contribution in [1.29, 1.82) is 0 Å². The second-order valence-corrected chi connectivity index (χ2v) is 8.19. The van der Waals surface area contributed by atoms with Crippen LogP contribution < -0.4 is 10.0 Å². The number of anilines is 1. The van der Waals surface area contributed by atoms with Gasteiger partial charge in [-0.2, -0.15) is 0 Å². The number of sulfonamides is 1. The van der Waals surface area contributed by atoms with Gasteiger partial charge in [-0.15, -0.1) is 0 Å². The molecule has 1 heterocycles. The molecule has 0 aliphatic heterocycles. The van der Waals surface area contributed by atoms with Crippen molar-refractivity contribution in [3.8, 4) is 0 Å². The highest BCUT2D eigenvalue weighted by Crippen LogP contribution is 2.25. The lowest BCUT2D eigenvalue weighted by atomic mass is 10.1. The van der Waals surface area contributed by atoms with Gasteiger partial charge < -0.3 is 10.3 Å². The number of halogens is 1. The Morgan fingerprint density at radius 2 is 1.89 bits per heavy atom. The van der Waals surface area contributed by atoms with Crippen molar-refractivity contribution in [2.75, 3.05) is 12.4 Å². The van der Waals surface area contributed by atoms with Crippen LogP contribution in [0.1, 0.15) is 16.8 Å². The van der Waals surface area contributed by atoms with Gasteiger partial charge in [-0.1, -0.05) is 6.07 Å². The monoisotopic (exact) mass is 389 g/mol. The van der Waals surface area contributed by atoms with Crippen LogP contribution in [0.25, 0.3) is 10.9 Å². The zero-order chi connectivity index (χ0) is 19.8. The Balaban J connectivity index is 1.86. The first-order chi connectivity index (χ1) is 12.7. The highest BCUT2D eigenvalue weighted by molar-refractivity contribution is 7.89. The van der Waals surface area contributed by atoms with E-state index in [1.807, 2.05) is 6.92 Å². The van der Waals surface area contributed by atoms with Gasteiger partial charge >= 0.3 is 0 Å². The smallest absolute Gasteiger partial charge is 0.240 e. The number of rotatable bonds is 5. The topological polar surface area (TPSA) is 91.1 Å². The number of hydrogen-bond acceptors (Lipinski definition) is 3. The van der Waals surface area contributed by atoms with Gasteiger partial charge in [0.15, 0.2) is 0 Å². The predicted octanol–water partition coefficient (Wildman–Crippen LogP) is 3.01. The molecule has 1 amide bonds. The van der Waals surface area contributed by atoms with Gasteiger partial charge in [-0.3, -0.25) is 4.79 Å². The summed E-state index contributed by atoms with van der Waals surface area (Å²) < 4.78 is 40.0. The minimum Gasteiger partial charge on any atom is -0.358 e. The molecule has 6 nitrogen and oxygen atoms in total. The number of amides is 1. The van der Waals surface area contributed by atoms with Gasteiger partial charge in [-0.25, -0.2) is 17.5 Å². The van der Waals surface area contributed by atoms with Crippen molar-refractivity contribution < 1.29 is 17.6 Å². The number of fused-ring (bicyclic) bond motifs is 1. The Bertz CT molecular complexity index is 1140. The first-order valence-electron chi connectivity index (χ1n) is 8.32. The Morgan fingerprint density at radius 1 is 1.15 bits per heavy atom. The molecule has 3 N–H and O–H groups in total. The van der Waals surface area contributed by atoms with Crippen LogP contribution in [-0.4, -0.2) is 26.4 Å². The zero-order valence-electron chi connectivity index (χ0n) is 15.2. The predicted molar refractivity (Wildman–Crippen MR) is 103 cm³/mol. The van der Waals surface area contributed by atoms with Crippen LogP contribution in [0, 0.1) is 19.7 Å². The quantitative estimate of drug-likeness (QED) is 0.626. The Hall–Kier alpha value is -2.71. The van der Waals surface area contributed by atoms with Crippen molar-refractivity contribution in [3.63, 3.8) is 0 Å². The third kappa shape index (κ3) is 3.86. The lowest BCUT2D eigenvalue weighted by Crippen LogP contribution is -2.20. The van der Waals surface area contributed by atoms with E-state index in [4.69, 9.17) is 0 Å². The maximum atomic E-state index is 13.6. The zero-order valence-corrected chi connectivity index (χ0v) is 16.0. The molecule has 8 heteroatoms. The number of aryl methyl sites for hydroxylation is 2. The molecule has 142 valence electrons. The number of benzene rings is 2. The number of H-pyrrole nitrogens is 1. The van der Waals surface area contributed by atoms with Crippen molar-refractivity contribution in [2.45, 2.75) is 25.2 Å². The van der Waals surface area contributed by atoms with E-state index in [2.05, 4.69) is 15.0 Å². The summed E-state index contributed by atoms with van der Waals surface area (Å²) in [5, 5.41) is 3.37. The van der Waals surface area contributed by atoms with Gasteiger partial charge in [0.25, 0.3) is 0 Å². The maximum absolute atomic E-state index is 13.6. The van der Waals surface area contributed by atoms with E-state index in [1.54, 1.807) is 25.1 Å². The van der Waals surface area contributed by atoms with E-state index in [0.717, 1.165) is 11.2 Å². The van der Waals surface area contributed by atoms with Crippen LogP contribution in [0.4, 0.5) is 10.1 Å². The summed E-state index contributed by atoms with van der Waals surface area (Å²) in [5.74, 6) is -0.691. The fourth-order valence-corrected chi connectivity index (χ4v) is 4.02. The average Bonchev–Trinajstić information content (AvgIpc) is 2.91. The van der Waals surface area contributed by atoms with E-state index in [0.29, 0.717) is 22.2 Å². The number of nitrogens with one attached hydrogen (secondary N) is 3. The van der Waals surface area contributed by atoms with Crippen LogP contribution in [-0.2, 0) is 21.2 Å². The molecule has 0 saturated carbocycles. The average molecular weight is 389 g/mol. The number of carbonyl (C=O) groups is 1. The van der Waals surface area contributed by atoms with Gasteiger partial charge in [0, 0.05) is 22.3 Å². The number of aromatic amines is 1. The van der Waals surface area contributed by atoms with Crippen molar-refractivity contribution >= 4 is 32.5 Å². The van der Waals surface area contributed by atoms with Crippen LogP contribution in [0.5, 0.6) is 0 Å². The summed E-state index contributed by atoms with van der Waals surface area (Å²) in [7, 11) is -2.29. The van der Waals surface area contributed by atoms with Crippen molar-refractivity contribution in [1.82, 2.24) is 9.71 Å². The Morgan fingerprint density at radius 3 is 2.59 bits per heavy atom. The molecule has 2 aromatic carbocycles. The summed E-state index contributed by atoms with van der Waals surface area (Å²) in [6.45, 7) is 3.50. The molecule has 0 radical (unpaired) electrons. The molecule has 0 aliphatic carbocycles. The van der Waals surface area contributed by atoms with Gasteiger partial charge in [0.1, 0.15) is 5.82 Å². The van der Waals surface area contributed by atoms with E-state index in [9.17, 15) is 17.6 Å². The van der Waals surface area contributed by atoms with Crippen molar-refractivity contribution in [3.05, 3.63) is 59.0 Å². The first-order valence-corrected chi connectivity index (χ1v) is 9.80. The highest BCUT2D eigenvalue weighted by atomic mass is 32.2. The molecule has 0 spiro atoms. The lowest BCUT2D eigenvalue weighted by molar-refractivity contribution is -0.115. The fourth-order valence-electron chi connectivity index (χ4n) is 3.03. The summed E-state index contributed by atoms with van der Waals surface area (Å²) in [6, 6.07) is 9.08. The molecule has 0 bridgehead atoms. The molecule has 0 aliphatic rings. The Kier molecular flexibility index (Phi) is 5.03. The number of aromatic nitrogens is 1. The van der Waals surface area contributed by atoms with Crippen LogP contribution in [0.15, 0.2) is 41.3 Å². The lowest BCUT2D eigenvalue weighted by Gasteiger charge is -2.10. The third-order valence-corrected chi connectivity index (χ3v) is 6.01. The molecule has 3 rings (SSSR count). The fraction of sp³-hybridized carbons (Fsp3) is 0.211. The van der Waals surface area contributed by atoms with E-state index in [1.165, 1.54) is 25.2 Å². The maximum Gasteiger partial charge on any atom is 0.240 e. The van der Waals surface area contributed by atoms with E-state index >= 15 is 0 Å². The van der Waals surface area contributed by atoms with Gasteiger partial charge in [0.05, 0.1) is 11.3 Å². The molecule has 0 unspecified atom stereocenters. The summed E-state index contributed by atoms with van der Waals surface area (Å²) in [6.07, 6.45) is 0.0390. The molecule has 0 atom stereocenters. The number of hydrogen-bond donors (Lipinski definition) is 3.